The van der Waals surface area contributed by atoms with E-state index in [0.29, 0.717) is 45.2 Å². The minimum Gasteiger partial charge on any atom is -0.387 e. The second kappa shape index (κ2) is 6.46. The smallest absolute Gasteiger partial charge is 0.279 e. The molecule has 0 radical (unpaired) electrons. The van der Waals surface area contributed by atoms with Gasteiger partial charge in [-0.15, -0.1) is 0 Å². The summed E-state index contributed by atoms with van der Waals surface area (Å²) in [6.07, 6.45) is 0. The molecule has 1 rings (SSSR count). The molecule has 0 bridgehead atoms. The first-order valence-corrected chi connectivity index (χ1v) is 7.55. The highest BCUT2D eigenvalue weighted by atomic mass is 32.2. The molecule has 0 unspecified atom stereocenters. The Balaban J connectivity index is 2.44. The lowest BCUT2D eigenvalue weighted by Crippen LogP contribution is -2.53. The van der Waals surface area contributed by atoms with Crippen LogP contribution in [0.2, 0.25) is 0 Å². The summed E-state index contributed by atoms with van der Waals surface area (Å²) in [5.41, 5.74) is 5.32. The minimum absolute atomic E-state index is 0.115. The maximum absolute atomic E-state index is 11.9. The SMILES string of the molecule is CC(C)CNS(=O)(=O)N1CCN(CC(=N)N)CC1. The number of nitrogens with two attached hydrogens (primary N) is 1. The number of hydrogen-bond acceptors (Lipinski definition) is 4. The van der Waals surface area contributed by atoms with Gasteiger partial charge >= 0.3 is 0 Å². The van der Waals surface area contributed by atoms with E-state index in [1.54, 1.807) is 0 Å². The Morgan fingerprint density at radius 3 is 2.33 bits per heavy atom. The van der Waals surface area contributed by atoms with Crippen molar-refractivity contribution in [3.05, 3.63) is 0 Å². The molecular formula is C10H23N5O2S. The van der Waals surface area contributed by atoms with Crippen molar-refractivity contribution in [2.75, 3.05) is 39.3 Å². The summed E-state index contributed by atoms with van der Waals surface area (Å²) in [4.78, 5) is 1.98. The van der Waals surface area contributed by atoms with E-state index in [4.69, 9.17) is 11.1 Å². The van der Waals surface area contributed by atoms with Gasteiger partial charge in [-0.05, 0) is 5.92 Å². The van der Waals surface area contributed by atoms with Gasteiger partial charge in [0.05, 0.1) is 6.54 Å². The number of rotatable bonds is 6. The largest absolute Gasteiger partial charge is 0.387 e. The zero-order chi connectivity index (χ0) is 13.8. The van der Waals surface area contributed by atoms with E-state index in [2.05, 4.69) is 4.72 Å². The van der Waals surface area contributed by atoms with Crippen LogP contribution in [0.15, 0.2) is 0 Å². The van der Waals surface area contributed by atoms with Crippen LogP contribution in [0.25, 0.3) is 0 Å². The standard InChI is InChI=1S/C10H23N5O2S/c1-9(2)7-13-18(16,17)15-5-3-14(4-6-15)8-10(11)12/h9,13H,3-8H2,1-2H3,(H3,11,12). The van der Waals surface area contributed by atoms with Crippen LogP contribution in [-0.2, 0) is 10.2 Å². The molecule has 1 aliphatic rings. The lowest BCUT2D eigenvalue weighted by molar-refractivity contribution is 0.207. The Morgan fingerprint density at radius 2 is 1.89 bits per heavy atom. The van der Waals surface area contributed by atoms with Gasteiger partial charge in [0, 0.05) is 32.7 Å². The van der Waals surface area contributed by atoms with Crippen LogP contribution in [0, 0.1) is 11.3 Å². The lowest BCUT2D eigenvalue weighted by atomic mass is 10.2. The zero-order valence-corrected chi connectivity index (χ0v) is 11.8. The highest BCUT2D eigenvalue weighted by Crippen LogP contribution is 2.06. The van der Waals surface area contributed by atoms with Crippen LogP contribution < -0.4 is 10.5 Å². The van der Waals surface area contributed by atoms with E-state index in [1.165, 1.54) is 4.31 Å². The molecule has 0 saturated carbocycles. The van der Waals surface area contributed by atoms with Gasteiger partial charge in [-0.2, -0.15) is 12.7 Å². The Morgan fingerprint density at radius 1 is 1.33 bits per heavy atom. The number of hydrogen-bond donors (Lipinski definition) is 3. The summed E-state index contributed by atoms with van der Waals surface area (Å²) >= 11 is 0. The highest BCUT2D eigenvalue weighted by molar-refractivity contribution is 7.87. The van der Waals surface area contributed by atoms with Gasteiger partial charge < -0.3 is 5.73 Å². The molecule has 0 aromatic carbocycles. The minimum atomic E-state index is -3.36. The first kappa shape index (κ1) is 15.4. The number of piperazine rings is 1. The monoisotopic (exact) mass is 277 g/mol. The summed E-state index contributed by atoms with van der Waals surface area (Å²) in [7, 11) is -3.36. The Kier molecular flexibility index (Phi) is 5.51. The third-order valence-electron chi connectivity index (χ3n) is 2.74. The predicted molar refractivity (Wildman–Crippen MR) is 71.7 cm³/mol. The molecule has 18 heavy (non-hydrogen) atoms. The second-order valence-electron chi connectivity index (χ2n) is 4.95. The molecule has 1 saturated heterocycles. The van der Waals surface area contributed by atoms with E-state index < -0.39 is 10.2 Å². The van der Waals surface area contributed by atoms with Crippen molar-refractivity contribution in [3.63, 3.8) is 0 Å². The third kappa shape index (κ3) is 4.89. The molecule has 4 N–H and O–H groups in total. The summed E-state index contributed by atoms with van der Waals surface area (Å²) in [6, 6.07) is 0. The molecule has 0 aromatic heterocycles. The van der Waals surface area contributed by atoms with Crippen molar-refractivity contribution >= 4 is 16.0 Å². The number of amidine groups is 1. The van der Waals surface area contributed by atoms with Crippen LogP contribution in [0.5, 0.6) is 0 Å². The van der Waals surface area contributed by atoms with E-state index in [-0.39, 0.29) is 5.84 Å². The van der Waals surface area contributed by atoms with Crippen LogP contribution in [-0.4, -0.2) is 62.7 Å². The molecule has 0 aromatic rings. The highest BCUT2D eigenvalue weighted by Gasteiger charge is 2.26. The molecular weight excluding hydrogens is 254 g/mol. The number of nitrogens with zero attached hydrogens (tertiary/aromatic N) is 2. The van der Waals surface area contributed by atoms with E-state index in [1.807, 2.05) is 18.7 Å². The summed E-state index contributed by atoms with van der Waals surface area (Å²) in [5.74, 6) is 0.406. The molecule has 0 aliphatic carbocycles. The fourth-order valence-electron chi connectivity index (χ4n) is 1.73. The van der Waals surface area contributed by atoms with Crippen LogP contribution >= 0.6 is 0 Å². The van der Waals surface area contributed by atoms with Crippen molar-refractivity contribution in [2.24, 2.45) is 11.7 Å². The Bertz CT molecular complexity index is 374. The van der Waals surface area contributed by atoms with Crippen LogP contribution in [0.1, 0.15) is 13.8 Å². The van der Waals surface area contributed by atoms with Gasteiger partial charge in [-0.25, -0.2) is 4.72 Å². The Labute approximate surface area is 109 Å². The third-order valence-corrected chi connectivity index (χ3v) is 4.32. The van der Waals surface area contributed by atoms with E-state index in [9.17, 15) is 8.42 Å². The van der Waals surface area contributed by atoms with Gasteiger partial charge in [0.2, 0.25) is 0 Å². The zero-order valence-electron chi connectivity index (χ0n) is 11.0. The van der Waals surface area contributed by atoms with Crippen molar-refractivity contribution in [1.82, 2.24) is 13.9 Å². The quantitative estimate of drug-likeness (QED) is 0.429. The van der Waals surface area contributed by atoms with E-state index >= 15 is 0 Å². The van der Waals surface area contributed by atoms with Crippen molar-refractivity contribution in [2.45, 2.75) is 13.8 Å². The summed E-state index contributed by atoms with van der Waals surface area (Å²) in [5, 5.41) is 7.21. The Hall–Kier alpha value is -0.700. The first-order valence-electron chi connectivity index (χ1n) is 6.11. The predicted octanol–water partition coefficient (Wildman–Crippen LogP) is -0.970. The molecule has 0 atom stereocenters. The average molecular weight is 277 g/mol. The van der Waals surface area contributed by atoms with Crippen LogP contribution in [0.3, 0.4) is 0 Å². The van der Waals surface area contributed by atoms with Crippen LogP contribution in [0.4, 0.5) is 0 Å². The molecule has 1 fully saturated rings. The first-order chi connectivity index (χ1) is 8.31. The fourth-order valence-corrected chi connectivity index (χ4v) is 3.10. The number of nitrogens with one attached hydrogen (secondary N) is 2. The molecule has 1 heterocycles. The van der Waals surface area contributed by atoms with Gasteiger partial charge in [0.1, 0.15) is 5.84 Å². The molecule has 0 spiro atoms. The maximum Gasteiger partial charge on any atom is 0.279 e. The maximum atomic E-state index is 11.9. The van der Waals surface area contributed by atoms with Gasteiger partial charge in [0.25, 0.3) is 10.2 Å². The normalized spacial score (nSPS) is 19.3. The molecule has 0 amide bonds. The summed E-state index contributed by atoms with van der Waals surface area (Å²) < 4.78 is 27.9. The van der Waals surface area contributed by atoms with Crippen molar-refractivity contribution < 1.29 is 8.42 Å². The molecule has 8 heteroatoms. The van der Waals surface area contributed by atoms with E-state index in [0.717, 1.165) is 0 Å². The lowest BCUT2D eigenvalue weighted by Gasteiger charge is -2.33. The topological polar surface area (TPSA) is 103 Å². The van der Waals surface area contributed by atoms with Crippen molar-refractivity contribution in [3.8, 4) is 0 Å². The fraction of sp³-hybridized carbons (Fsp3) is 0.900. The second-order valence-corrected chi connectivity index (χ2v) is 6.70. The van der Waals surface area contributed by atoms with Crippen molar-refractivity contribution in [1.29, 1.82) is 5.41 Å². The molecule has 106 valence electrons. The van der Waals surface area contributed by atoms with Gasteiger partial charge in [-0.1, -0.05) is 13.8 Å². The average Bonchev–Trinajstić information content (AvgIpc) is 2.26. The molecule has 7 nitrogen and oxygen atoms in total. The molecule has 1 aliphatic heterocycles. The summed E-state index contributed by atoms with van der Waals surface area (Å²) in [6.45, 7) is 6.91. The van der Waals surface area contributed by atoms with Gasteiger partial charge in [0.15, 0.2) is 0 Å². The van der Waals surface area contributed by atoms with Gasteiger partial charge in [-0.3, -0.25) is 10.3 Å².